The van der Waals surface area contributed by atoms with Crippen LogP contribution < -0.4 is 5.32 Å². The van der Waals surface area contributed by atoms with Crippen molar-refractivity contribution in [2.24, 2.45) is 0 Å². The molecule has 1 aromatic carbocycles. The zero-order valence-corrected chi connectivity index (χ0v) is 14.3. The molecule has 0 radical (unpaired) electrons. The van der Waals surface area contributed by atoms with Gasteiger partial charge in [0.05, 0.1) is 30.1 Å². The molecule has 1 amide bonds. The Bertz CT molecular complexity index is 743. The molecule has 130 valence electrons. The lowest BCUT2D eigenvalue weighted by atomic mass is 10.1. The molecule has 2 aromatic rings. The standard InChI is InChI=1S/C19H22N4O2/c1-15(19(24)21-18-7-3-2-5-16(18)13-20)23-10-8-22(9-11-23)14-17-6-4-12-25-17/h2-7,12,15H,8-11,14H2,1H3,(H,21,24). The summed E-state index contributed by atoms with van der Waals surface area (Å²) < 4.78 is 5.39. The number of carbonyl (C=O) groups is 1. The van der Waals surface area contributed by atoms with E-state index in [2.05, 4.69) is 21.2 Å². The van der Waals surface area contributed by atoms with Crippen LogP contribution in [-0.4, -0.2) is 47.9 Å². The molecule has 2 heterocycles. The lowest BCUT2D eigenvalue weighted by Crippen LogP contribution is -2.52. The van der Waals surface area contributed by atoms with E-state index in [0.29, 0.717) is 11.3 Å². The van der Waals surface area contributed by atoms with Gasteiger partial charge in [-0.2, -0.15) is 5.26 Å². The molecule has 1 fully saturated rings. The van der Waals surface area contributed by atoms with E-state index in [-0.39, 0.29) is 11.9 Å². The third-order valence-electron chi connectivity index (χ3n) is 4.60. The molecule has 25 heavy (non-hydrogen) atoms. The van der Waals surface area contributed by atoms with Gasteiger partial charge in [-0.1, -0.05) is 12.1 Å². The monoisotopic (exact) mass is 338 g/mol. The number of furan rings is 1. The number of nitrogens with zero attached hydrogens (tertiary/aromatic N) is 3. The smallest absolute Gasteiger partial charge is 0.241 e. The van der Waals surface area contributed by atoms with Crippen LogP contribution in [0.2, 0.25) is 0 Å². The number of para-hydroxylation sites is 1. The first-order valence-electron chi connectivity index (χ1n) is 8.46. The molecule has 1 aromatic heterocycles. The Kier molecular flexibility index (Phi) is 5.49. The van der Waals surface area contributed by atoms with E-state index in [1.807, 2.05) is 25.1 Å². The number of anilines is 1. The van der Waals surface area contributed by atoms with Crippen molar-refractivity contribution in [1.29, 1.82) is 5.26 Å². The van der Waals surface area contributed by atoms with Gasteiger partial charge < -0.3 is 9.73 Å². The van der Waals surface area contributed by atoms with Crippen molar-refractivity contribution < 1.29 is 9.21 Å². The van der Waals surface area contributed by atoms with Gasteiger partial charge in [0.2, 0.25) is 5.91 Å². The summed E-state index contributed by atoms with van der Waals surface area (Å²) in [6, 6.07) is 12.8. The predicted octanol–water partition coefficient (Wildman–Crippen LogP) is 2.30. The Morgan fingerprint density at radius 2 is 2.00 bits per heavy atom. The minimum atomic E-state index is -0.238. The Morgan fingerprint density at radius 3 is 2.68 bits per heavy atom. The first-order chi connectivity index (χ1) is 12.2. The third kappa shape index (κ3) is 4.27. The normalized spacial score (nSPS) is 17.0. The molecule has 6 nitrogen and oxygen atoms in total. The van der Waals surface area contributed by atoms with Gasteiger partial charge in [0.25, 0.3) is 0 Å². The molecule has 1 aliphatic heterocycles. The van der Waals surface area contributed by atoms with Gasteiger partial charge in [-0.3, -0.25) is 14.6 Å². The fourth-order valence-electron chi connectivity index (χ4n) is 3.02. The van der Waals surface area contributed by atoms with Crippen LogP contribution in [0.1, 0.15) is 18.2 Å². The van der Waals surface area contributed by atoms with Gasteiger partial charge in [0, 0.05) is 26.2 Å². The number of hydrogen-bond donors (Lipinski definition) is 1. The summed E-state index contributed by atoms with van der Waals surface area (Å²) in [6.45, 7) is 6.16. The maximum absolute atomic E-state index is 12.5. The number of hydrogen-bond acceptors (Lipinski definition) is 5. The van der Waals surface area contributed by atoms with Gasteiger partial charge in [-0.05, 0) is 31.2 Å². The van der Waals surface area contributed by atoms with Gasteiger partial charge in [-0.25, -0.2) is 0 Å². The number of nitriles is 1. The second kappa shape index (κ2) is 7.97. The van der Waals surface area contributed by atoms with Crippen molar-refractivity contribution >= 4 is 11.6 Å². The van der Waals surface area contributed by atoms with Gasteiger partial charge in [0.1, 0.15) is 11.8 Å². The number of nitrogens with one attached hydrogen (secondary N) is 1. The summed E-state index contributed by atoms with van der Waals surface area (Å²) in [5, 5.41) is 12.0. The zero-order valence-electron chi connectivity index (χ0n) is 14.3. The average Bonchev–Trinajstić information content (AvgIpc) is 3.15. The number of carbonyl (C=O) groups excluding carboxylic acids is 1. The first-order valence-corrected chi connectivity index (χ1v) is 8.46. The largest absolute Gasteiger partial charge is 0.468 e. The fourth-order valence-corrected chi connectivity index (χ4v) is 3.02. The molecule has 0 aliphatic carbocycles. The molecule has 1 N–H and O–H groups in total. The molecule has 1 aliphatic rings. The summed E-state index contributed by atoms with van der Waals surface area (Å²) in [7, 11) is 0. The van der Waals surface area contributed by atoms with Crippen molar-refractivity contribution in [2.75, 3.05) is 31.5 Å². The van der Waals surface area contributed by atoms with Gasteiger partial charge >= 0.3 is 0 Å². The first kappa shape index (κ1) is 17.2. The topological polar surface area (TPSA) is 72.5 Å². The van der Waals surface area contributed by atoms with Crippen molar-refractivity contribution in [2.45, 2.75) is 19.5 Å². The highest BCUT2D eigenvalue weighted by molar-refractivity contribution is 5.95. The molecule has 3 rings (SSSR count). The van der Waals surface area contributed by atoms with Crippen LogP contribution in [0.25, 0.3) is 0 Å². The molecule has 1 atom stereocenters. The summed E-state index contributed by atoms with van der Waals surface area (Å²) in [4.78, 5) is 17.0. The minimum Gasteiger partial charge on any atom is -0.468 e. The Hall–Kier alpha value is -2.62. The van der Waals surface area contributed by atoms with E-state index in [9.17, 15) is 4.79 Å². The lowest BCUT2D eigenvalue weighted by molar-refractivity contribution is -0.121. The van der Waals surface area contributed by atoms with Crippen LogP contribution in [-0.2, 0) is 11.3 Å². The van der Waals surface area contributed by atoms with E-state index in [1.165, 1.54) is 0 Å². The summed E-state index contributed by atoms with van der Waals surface area (Å²) >= 11 is 0. The Labute approximate surface area is 147 Å². The summed E-state index contributed by atoms with van der Waals surface area (Å²) in [5.74, 6) is 0.884. The molecule has 1 unspecified atom stereocenters. The van der Waals surface area contributed by atoms with Gasteiger partial charge in [0.15, 0.2) is 0 Å². The molecular formula is C19H22N4O2. The number of benzene rings is 1. The van der Waals surface area contributed by atoms with Crippen LogP contribution in [0, 0.1) is 11.3 Å². The fraction of sp³-hybridized carbons (Fsp3) is 0.368. The molecule has 0 spiro atoms. The second-order valence-corrected chi connectivity index (χ2v) is 6.21. The van der Waals surface area contributed by atoms with Crippen LogP contribution in [0.15, 0.2) is 47.1 Å². The maximum atomic E-state index is 12.5. The molecule has 6 heteroatoms. The van der Waals surface area contributed by atoms with E-state index in [4.69, 9.17) is 9.68 Å². The third-order valence-corrected chi connectivity index (χ3v) is 4.60. The molecule has 0 bridgehead atoms. The number of rotatable bonds is 5. The number of amides is 1. The van der Waals surface area contributed by atoms with Crippen molar-refractivity contribution in [3.8, 4) is 6.07 Å². The SMILES string of the molecule is CC(C(=O)Nc1ccccc1C#N)N1CCN(Cc2ccco2)CC1. The van der Waals surface area contributed by atoms with Crippen LogP contribution in [0.3, 0.4) is 0 Å². The molecule has 0 saturated carbocycles. The molecular weight excluding hydrogens is 316 g/mol. The van der Waals surface area contributed by atoms with E-state index >= 15 is 0 Å². The van der Waals surface area contributed by atoms with Gasteiger partial charge in [-0.15, -0.1) is 0 Å². The summed E-state index contributed by atoms with van der Waals surface area (Å²) in [6.07, 6.45) is 1.69. The van der Waals surface area contributed by atoms with E-state index in [0.717, 1.165) is 38.5 Å². The van der Waals surface area contributed by atoms with Crippen LogP contribution in [0.5, 0.6) is 0 Å². The van der Waals surface area contributed by atoms with Crippen LogP contribution >= 0.6 is 0 Å². The highest BCUT2D eigenvalue weighted by Gasteiger charge is 2.26. The number of piperazine rings is 1. The maximum Gasteiger partial charge on any atom is 0.241 e. The van der Waals surface area contributed by atoms with E-state index < -0.39 is 0 Å². The molecule has 1 saturated heterocycles. The van der Waals surface area contributed by atoms with Crippen molar-refractivity contribution in [3.05, 3.63) is 54.0 Å². The predicted molar refractivity (Wildman–Crippen MR) is 94.8 cm³/mol. The highest BCUT2D eigenvalue weighted by atomic mass is 16.3. The summed E-state index contributed by atoms with van der Waals surface area (Å²) in [5.41, 5.74) is 1.05. The lowest BCUT2D eigenvalue weighted by Gasteiger charge is -2.37. The second-order valence-electron chi connectivity index (χ2n) is 6.21. The van der Waals surface area contributed by atoms with E-state index in [1.54, 1.807) is 24.5 Å². The Morgan fingerprint density at radius 1 is 1.24 bits per heavy atom. The zero-order chi connectivity index (χ0) is 17.6. The Balaban J connectivity index is 1.52. The van der Waals surface area contributed by atoms with Crippen molar-refractivity contribution in [3.63, 3.8) is 0 Å². The van der Waals surface area contributed by atoms with Crippen LogP contribution in [0.4, 0.5) is 5.69 Å². The quantitative estimate of drug-likeness (QED) is 0.906. The highest BCUT2D eigenvalue weighted by Crippen LogP contribution is 2.16. The van der Waals surface area contributed by atoms with Crippen molar-refractivity contribution in [1.82, 2.24) is 9.80 Å². The minimum absolute atomic E-state index is 0.0813. The average molecular weight is 338 g/mol.